The summed E-state index contributed by atoms with van der Waals surface area (Å²) in [4.78, 5) is 23.1. The molecule has 2 aromatic rings. The first-order valence-corrected chi connectivity index (χ1v) is 6.53. The summed E-state index contributed by atoms with van der Waals surface area (Å²) in [5.74, 6) is -0.355. The maximum absolute atomic E-state index is 12.1. The van der Waals surface area contributed by atoms with Gasteiger partial charge in [-0.3, -0.25) is 20.0 Å². The molecule has 0 heterocycles. The minimum Gasteiger partial charge on any atom is -0.326 e. The van der Waals surface area contributed by atoms with Gasteiger partial charge >= 0.3 is 0 Å². The Morgan fingerprint density at radius 1 is 0.952 bits per heavy atom. The van der Waals surface area contributed by atoms with E-state index < -0.39 is 0 Å². The number of carbonyl (C=O) groups excluding carboxylic acids is 2. The number of hydrogen-bond acceptors (Lipinski definition) is 3. The van der Waals surface area contributed by atoms with E-state index in [9.17, 15) is 9.59 Å². The van der Waals surface area contributed by atoms with Crippen LogP contribution in [0.1, 0.15) is 17.3 Å². The lowest BCUT2D eigenvalue weighted by Gasteiger charge is -2.20. The van der Waals surface area contributed by atoms with E-state index in [2.05, 4.69) is 10.7 Å². The minimum absolute atomic E-state index is 0.143. The van der Waals surface area contributed by atoms with Crippen LogP contribution in [0.3, 0.4) is 0 Å². The van der Waals surface area contributed by atoms with Gasteiger partial charge in [-0.1, -0.05) is 18.2 Å². The van der Waals surface area contributed by atoms with Gasteiger partial charge in [0, 0.05) is 25.2 Å². The number of carbonyl (C=O) groups is 2. The van der Waals surface area contributed by atoms with Gasteiger partial charge in [-0.15, -0.1) is 0 Å². The summed E-state index contributed by atoms with van der Waals surface area (Å²) in [6.45, 7) is 1.44. The van der Waals surface area contributed by atoms with Gasteiger partial charge in [0.05, 0.1) is 5.69 Å². The molecule has 0 radical (unpaired) electrons. The molecule has 0 unspecified atom stereocenters. The smallest absolute Gasteiger partial charge is 0.269 e. The molecule has 5 nitrogen and oxygen atoms in total. The van der Waals surface area contributed by atoms with Crippen LogP contribution in [-0.4, -0.2) is 18.9 Å². The number of nitrogens with zero attached hydrogens (tertiary/aromatic N) is 1. The number of hydrogen-bond donors (Lipinski definition) is 2. The lowest BCUT2D eigenvalue weighted by atomic mass is 10.2. The number of nitrogens with one attached hydrogen (secondary N) is 2. The fourth-order valence-electron chi connectivity index (χ4n) is 1.84. The summed E-state index contributed by atoms with van der Waals surface area (Å²) < 4.78 is 0. The van der Waals surface area contributed by atoms with Gasteiger partial charge in [0.15, 0.2) is 0 Å². The number of anilines is 2. The predicted octanol–water partition coefficient (Wildman–Crippen LogP) is 2.43. The van der Waals surface area contributed by atoms with Crippen molar-refractivity contribution in [1.82, 2.24) is 5.43 Å². The van der Waals surface area contributed by atoms with Crippen molar-refractivity contribution in [2.45, 2.75) is 6.92 Å². The molecule has 21 heavy (non-hydrogen) atoms. The van der Waals surface area contributed by atoms with Crippen molar-refractivity contribution < 1.29 is 9.59 Å². The maximum atomic E-state index is 12.1. The second kappa shape index (κ2) is 6.56. The van der Waals surface area contributed by atoms with Crippen LogP contribution in [0, 0.1) is 0 Å². The Morgan fingerprint density at radius 2 is 1.57 bits per heavy atom. The Labute approximate surface area is 123 Å². The number of hydrazine groups is 1. The number of benzene rings is 2. The highest BCUT2D eigenvalue weighted by atomic mass is 16.2. The van der Waals surface area contributed by atoms with Crippen LogP contribution in [0.15, 0.2) is 54.6 Å². The molecule has 0 aliphatic carbocycles. The molecule has 0 saturated heterocycles. The summed E-state index contributed by atoms with van der Waals surface area (Å²) >= 11 is 0. The zero-order valence-corrected chi connectivity index (χ0v) is 12.0. The molecule has 0 aliphatic rings. The summed E-state index contributed by atoms with van der Waals surface area (Å²) in [7, 11) is 1.78. The number of amides is 2. The topological polar surface area (TPSA) is 61.4 Å². The lowest BCUT2D eigenvalue weighted by Crippen LogP contribution is -2.39. The van der Waals surface area contributed by atoms with E-state index in [1.807, 2.05) is 30.3 Å². The largest absolute Gasteiger partial charge is 0.326 e. The molecule has 2 aromatic carbocycles. The van der Waals surface area contributed by atoms with Crippen molar-refractivity contribution in [1.29, 1.82) is 0 Å². The van der Waals surface area contributed by atoms with Gasteiger partial charge in [-0.05, 0) is 36.4 Å². The van der Waals surface area contributed by atoms with Gasteiger partial charge < -0.3 is 5.32 Å². The van der Waals surface area contributed by atoms with Gasteiger partial charge in [-0.25, -0.2) is 0 Å². The molecule has 108 valence electrons. The highest BCUT2D eigenvalue weighted by Crippen LogP contribution is 2.11. The third kappa shape index (κ3) is 4.07. The Bertz CT molecular complexity index is 624. The van der Waals surface area contributed by atoms with Gasteiger partial charge in [-0.2, -0.15) is 0 Å². The van der Waals surface area contributed by atoms with Crippen LogP contribution in [0.5, 0.6) is 0 Å². The highest BCUT2D eigenvalue weighted by Gasteiger charge is 2.08. The molecular weight excluding hydrogens is 266 g/mol. The molecule has 0 aromatic heterocycles. The van der Waals surface area contributed by atoms with Crippen LogP contribution >= 0.6 is 0 Å². The second-order valence-corrected chi connectivity index (χ2v) is 4.59. The fraction of sp³-hybridized carbons (Fsp3) is 0.125. The van der Waals surface area contributed by atoms with E-state index in [1.165, 1.54) is 6.92 Å². The summed E-state index contributed by atoms with van der Waals surface area (Å²) in [5, 5.41) is 4.31. The van der Waals surface area contributed by atoms with Crippen LogP contribution in [0.2, 0.25) is 0 Å². The molecule has 0 aliphatic heterocycles. The number of rotatable bonds is 4. The van der Waals surface area contributed by atoms with Crippen LogP contribution < -0.4 is 15.8 Å². The summed E-state index contributed by atoms with van der Waals surface area (Å²) in [6, 6.07) is 16.2. The van der Waals surface area contributed by atoms with Crippen molar-refractivity contribution in [2.24, 2.45) is 0 Å². The first-order chi connectivity index (χ1) is 10.1. The Balaban J connectivity index is 2.01. The SMILES string of the molecule is CC(=O)Nc1ccc(C(=O)NN(C)c2ccccc2)cc1. The third-order valence-corrected chi connectivity index (χ3v) is 2.88. The van der Waals surface area contributed by atoms with Crippen molar-refractivity contribution >= 4 is 23.2 Å². The average molecular weight is 283 g/mol. The molecule has 0 atom stereocenters. The zero-order chi connectivity index (χ0) is 15.2. The zero-order valence-electron chi connectivity index (χ0n) is 12.0. The Kier molecular flexibility index (Phi) is 4.56. The fourth-order valence-corrected chi connectivity index (χ4v) is 1.84. The van der Waals surface area contributed by atoms with Crippen LogP contribution in [0.25, 0.3) is 0 Å². The van der Waals surface area contributed by atoms with E-state index in [4.69, 9.17) is 0 Å². The quantitative estimate of drug-likeness (QED) is 0.847. The van der Waals surface area contributed by atoms with Crippen molar-refractivity contribution in [3.63, 3.8) is 0 Å². The van der Waals surface area contributed by atoms with E-state index in [1.54, 1.807) is 36.3 Å². The van der Waals surface area contributed by atoms with E-state index >= 15 is 0 Å². The van der Waals surface area contributed by atoms with Crippen LogP contribution in [-0.2, 0) is 4.79 Å². The normalized spacial score (nSPS) is 9.81. The first kappa shape index (κ1) is 14.6. The van der Waals surface area contributed by atoms with E-state index in [-0.39, 0.29) is 11.8 Å². The summed E-state index contributed by atoms with van der Waals surface area (Å²) in [5.41, 5.74) is 4.85. The van der Waals surface area contributed by atoms with Gasteiger partial charge in [0.1, 0.15) is 0 Å². The Morgan fingerprint density at radius 3 is 2.14 bits per heavy atom. The molecule has 0 spiro atoms. The van der Waals surface area contributed by atoms with E-state index in [0.717, 1.165) is 5.69 Å². The van der Waals surface area contributed by atoms with Crippen molar-refractivity contribution in [2.75, 3.05) is 17.4 Å². The maximum Gasteiger partial charge on any atom is 0.269 e. The third-order valence-electron chi connectivity index (χ3n) is 2.88. The Hall–Kier alpha value is -2.82. The average Bonchev–Trinajstić information content (AvgIpc) is 2.48. The summed E-state index contributed by atoms with van der Waals surface area (Å²) in [6.07, 6.45) is 0. The molecule has 0 bridgehead atoms. The number of para-hydroxylation sites is 1. The highest BCUT2D eigenvalue weighted by molar-refractivity contribution is 5.96. The predicted molar refractivity (Wildman–Crippen MR) is 83.1 cm³/mol. The van der Waals surface area contributed by atoms with Crippen LogP contribution in [0.4, 0.5) is 11.4 Å². The van der Waals surface area contributed by atoms with Gasteiger partial charge in [0.2, 0.25) is 5.91 Å². The molecule has 2 N–H and O–H groups in total. The minimum atomic E-state index is -0.212. The van der Waals surface area contributed by atoms with Gasteiger partial charge in [0.25, 0.3) is 5.91 Å². The molecule has 0 fully saturated rings. The molecular formula is C16H17N3O2. The van der Waals surface area contributed by atoms with Crippen molar-refractivity contribution in [3.05, 3.63) is 60.2 Å². The van der Waals surface area contributed by atoms with Crippen molar-refractivity contribution in [3.8, 4) is 0 Å². The monoisotopic (exact) mass is 283 g/mol. The molecule has 2 rings (SSSR count). The lowest BCUT2D eigenvalue weighted by molar-refractivity contribution is -0.114. The second-order valence-electron chi connectivity index (χ2n) is 4.59. The van der Waals surface area contributed by atoms with E-state index in [0.29, 0.717) is 11.3 Å². The molecule has 5 heteroatoms. The molecule has 0 saturated carbocycles. The molecule has 2 amide bonds. The first-order valence-electron chi connectivity index (χ1n) is 6.53. The standard InChI is InChI=1S/C16H17N3O2/c1-12(20)17-14-10-8-13(9-11-14)16(21)18-19(2)15-6-4-3-5-7-15/h3-11H,1-2H3,(H,17,20)(H,18,21).